The third-order valence-corrected chi connectivity index (χ3v) is 2.52. The van der Waals surface area contributed by atoms with Crippen LogP contribution in [0.5, 0.6) is 0 Å². The van der Waals surface area contributed by atoms with Crippen LogP contribution in [0.15, 0.2) is 18.3 Å². The predicted molar refractivity (Wildman–Crippen MR) is 58.3 cm³/mol. The number of nitrogens with one attached hydrogen (secondary N) is 1. The molecule has 0 aliphatic heterocycles. The summed E-state index contributed by atoms with van der Waals surface area (Å²) in [7, 11) is 0. The fourth-order valence-electron chi connectivity index (χ4n) is 1.15. The number of aryl methyl sites for hydroxylation is 1. The average Bonchev–Trinajstić information content (AvgIpc) is 2.20. The lowest BCUT2D eigenvalue weighted by Gasteiger charge is -2.20. The number of rotatable bonds is 4. The zero-order chi connectivity index (χ0) is 10.6. The number of nitrogens with zero attached hydrogens (tertiary/aromatic N) is 1. The van der Waals surface area contributed by atoms with Crippen molar-refractivity contribution in [3.63, 3.8) is 0 Å². The molecule has 0 saturated carbocycles. The molecule has 0 saturated heterocycles. The molecule has 0 radical (unpaired) electrons. The van der Waals surface area contributed by atoms with Crippen molar-refractivity contribution in [3.05, 3.63) is 23.9 Å². The van der Waals surface area contributed by atoms with Gasteiger partial charge in [0, 0.05) is 18.8 Å². The van der Waals surface area contributed by atoms with Crippen LogP contribution < -0.4 is 5.32 Å². The molecule has 1 rings (SSSR count). The molecular weight excluding hydrogens is 176 g/mol. The Balaban J connectivity index is 2.64. The quantitative estimate of drug-likeness (QED) is 0.768. The van der Waals surface area contributed by atoms with E-state index in [0.717, 1.165) is 11.4 Å². The van der Waals surface area contributed by atoms with E-state index in [9.17, 15) is 0 Å². The van der Waals surface area contributed by atoms with Crippen LogP contribution in [0.3, 0.4) is 0 Å². The summed E-state index contributed by atoms with van der Waals surface area (Å²) in [6.07, 6.45) is 1.77. The van der Waals surface area contributed by atoms with Gasteiger partial charge in [0.1, 0.15) is 5.82 Å². The van der Waals surface area contributed by atoms with Gasteiger partial charge in [0.05, 0.1) is 0 Å². The van der Waals surface area contributed by atoms with Crippen LogP contribution in [0.2, 0.25) is 0 Å². The number of aliphatic hydroxyl groups is 1. The number of pyridine rings is 1. The van der Waals surface area contributed by atoms with Gasteiger partial charge in [-0.15, -0.1) is 0 Å². The van der Waals surface area contributed by atoms with E-state index >= 15 is 0 Å². The van der Waals surface area contributed by atoms with Gasteiger partial charge in [-0.05, 0) is 31.4 Å². The van der Waals surface area contributed by atoms with E-state index in [0.29, 0.717) is 0 Å². The van der Waals surface area contributed by atoms with Crippen LogP contribution >= 0.6 is 0 Å². The molecule has 0 spiro atoms. The van der Waals surface area contributed by atoms with Crippen LogP contribution in [0.25, 0.3) is 0 Å². The van der Waals surface area contributed by atoms with Crippen LogP contribution in [-0.4, -0.2) is 22.7 Å². The summed E-state index contributed by atoms with van der Waals surface area (Å²) in [4.78, 5) is 4.24. The SMILES string of the molecule is Cc1cccnc1NC(C)C(C)CO. The molecule has 0 amide bonds. The highest BCUT2D eigenvalue weighted by molar-refractivity contribution is 5.43. The average molecular weight is 194 g/mol. The molecule has 1 aromatic heterocycles. The Labute approximate surface area is 85.2 Å². The summed E-state index contributed by atoms with van der Waals surface area (Å²) in [6.45, 7) is 6.27. The van der Waals surface area contributed by atoms with E-state index in [4.69, 9.17) is 5.11 Å². The Bertz CT molecular complexity index is 288. The second-order valence-corrected chi connectivity index (χ2v) is 3.76. The Kier molecular flexibility index (Phi) is 3.89. The molecule has 1 aromatic rings. The number of anilines is 1. The Hall–Kier alpha value is -1.09. The maximum Gasteiger partial charge on any atom is 0.129 e. The molecule has 2 atom stereocenters. The van der Waals surface area contributed by atoms with Crippen molar-refractivity contribution < 1.29 is 5.11 Å². The molecule has 0 aliphatic carbocycles. The van der Waals surface area contributed by atoms with Gasteiger partial charge in [-0.2, -0.15) is 0 Å². The van der Waals surface area contributed by atoms with E-state index in [1.807, 2.05) is 26.0 Å². The lowest BCUT2D eigenvalue weighted by Crippen LogP contribution is -2.27. The first-order chi connectivity index (χ1) is 6.65. The van der Waals surface area contributed by atoms with Crippen LogP contribution in [-0.2, 0) is 0 Å². The van der Waals surface area contributed by atoms with Gasteiger partial charge in [-0.1, -0.05) is 13.0 Å². The molecule has 14 heavy (non-hydrogen) atoms. The molecule has 0 fully saturated rings. The maximum atomic E-state index is 8.99. The molecule has 78 valence electrons. The number of aliphatic hydroxyl groups excluding tert-OH is 1. The monoisotopic (exact) mass is 194 g/mol. The minimum Gasteiger partial charge on any atom is -0.396 e. The van der Waals surface area contributed by atoms with Crippen molar-refractivity contribution in [2.24, 2.45) is 5.92 Å². The minimum atomic E-state index is 0.194. The smallest absolute Gasteiger partial charge is 0.129 e. The van der Waals surface area contributed by atoms with E-state index in [1.165, 1.54) is 0 Å². The highest BCUT2D eigenvalue weighted by atomic mass is 16.3. The van der Waals surface area contributed by atoms with Crippen LogP contribution in [0, 0.1) is 12.8 Å². The van der Waals surface area contributed by atoms with E-state index in [1.54, 1.807) is 6.20 Å². The molecule has 0 bridgehead atoms. The van der Waals surface area contributed by atoms with E-state index < -0.39 is 0 Å². The lowest BCUT2D eigenvalue weighted by molar-refractivity contribution is 0.226. The number of aromatic nitrogens is 1. The summed E-state index contributed by atoms with van der Waals surface area (Å²) in [5.74, 6) is 1.14. The van der Waals surface area contributed by atoms with Gasteiger partial charge in [0.25, 0.3) is 0 Å². The first-order valence-corrected chi connectivity index (χ1v) is 4.94. The van der Waals surface area contributed by atoms with Gasteiger partial charge < -0.3 is 10.4 Å². The van der Waals surface area contributed by atoms with E-state index in [-0.39, 0.29) is 18.6 Å². The zero-order valence-corrected chi connectivity index (χ0v) is 8.99. The fraction of sp³-hybridized carbons (Fsp3) is 0.545. The normalized spacial score (nSPS) is 14.9. The molecular formula is C11H18N2O. The minimum absolute atomic E-state index is 0.194. The highest BCUT2D eigenvalue weighted by Crippen LogP contribution is 2.13. The van der Waals surface area contributed by atoms with Gasteiger partial charge >= 0.3 is 0 Å². The standard InChI is InChI=1S/C11H18N2O/c1-8-5-4-6-12-11(8)13-10(3)9(2)7-14/h4-6,9-10,14H,7H2,1-3H3,(H,12,13). The van der Waals surface area contributed by atoms with Gasteiger partial charge in [0.2, 0.25) is 0 Å². The Morgan fingerprint density at radius 1 is 1.50 bits per heavy atom. The van der Waals surface area contributed by atoms with Crippen LogP contribution in [0.4, 0.5) is 5.82 Å². The van der Waals surface area contributed by atoms with Gasteiger partial charge in [-0.3, -0.25) is 0 Å². The lowest BCUT2D eigenvalue weighted by atomic mass is 10.1. The molecule has 1 heterocycles. The van der Waals surface area contributed by atoms with Gasteiger partial charge in [0.15, 0.2) is 0 Å². The summed E-state index contributed by atoms with van der Waals surface area (Å²) in [5.41, 5.74) is 1.13. The zero-order valence-electron chi connectivity index (χ0n) is 8.99. The third kappa shape index (κ3) is 2.70. The Morgan fingerprint density at radius 2 is 2.21 bits per heavy atom. The molecule has 2 N–H and O–H groups in total. The summed E-state index contributed by atoms with van der Waals surface area (Å²) in [5, 5.41) is 12.3. The third-order valence-electron chi connectivity index (χ3n) is 2.52. The first-order valence-electron chi connectivity index (χ1n) is 4.94. The molecule has 2 unspecified atom stereocenters. The second kappa shape index (κ2) is 4.96. The largest absolute Gasteiger partial charge is 0.396 e. The highest BCUT2D eigenvalue weighted by Gasteiger charge is 2.11. The fourth-order valence-corrected chi connectivity index (χ4v) is 1.15. The molecule has 3 nitrogen and oxygen atoms in total. The summed E-state index contributed by atoms with van der Waals surface area (Å²) < 4.78 is 0. The molecule has 3 heteroatoms. The van der Waals surface area contributed by atoms with Crippen molar-refractivity contribution in [1.82, 2.24) is 4.98 Å². The topological polar surface area (TPSA) is 45.2 Å². The van der Waals surface area contributed by atoms with Crippen molar-refractivity contribution in [1.29, 1.82) is 0 Å². The predicted octanol–water partition coefficient (Wildman–Crippen LogP) is 1.82. The molecule has 0 aliphatic rings. The Morgan fingerprint density at radius 3 is 2.79 bits per heavy atom. The second-order valence-electron chi connectivity index (χ2n) is 3.76. The van der Waals surface area contributed by atoms with Gasteiger partial charge in [-0.25, -0.2) is 4.98 Å². The molecule has 0 aromatic carbocycles. The van der Waals surface area contributed by atoms with Crippen molar-refractivity contribution in [2.75, 3.05) is 11.9 Å². The number of hydrogen-bond donors (Lipinski definition) is 2. The maximum absolute atomic E-state index is 8.99. The summed E-state index contributed by atoms with van der Waals surface area (Å²) >= 11 is 0. The van der Waals surface area contributed by atoms with E-state index in [2.05, 4.69) is 17.2 Å². The first kappa shape index (κ1) is 11.0. The summed E-state index contributed by atoms with van der Waals surface area (Å²) in [6, 6.07) is 4.17. The number of hydrogen-bond acceptors (Lipinski definition) is 3. The van der Waals surface area contributed by atoms with Crippen LogP contribution in [0.1, 0.15) is 19.4 Å². The van der Waals surface area contributed by atoms with Crippen molar-refractivity contribution in [3.8, 4) is 0 Å². The van der Waals surface area contributed by atoms with Crippen molar-refractivity contribution in [2.45, 2.75) is 26.8 Å². The van der Waals surface area contributed by atoms with Crippen molar-refractivity contribution >= 4 is 5.82 Å².